The lowest BCUT2D eigenvalue weighted by Crippen LogP contribution is -2.42. The van der Waals surface area contributed by atoms with Crippen molar-refractivity contribution in [2.24, 2.45) is 5.92 Å². The summed E-state index contributed by atoms with van der Waals surface area (Å²) in [5.41, 5.74) is 0. The fourth-order valence-corrected chi connectivity index (χ4v) is 3.85. The van der Waals surface area contributed by atoms with Gasteiger partial charge in [0.15, 0.2) is 0 Å². The zero-order valence-electron chi connectivity index (χ0n) is 13.8. The average molecular weight is 357 g/mol. The Kier molecular flexibility index (Phi) is 6.08. The van der Waals surface area contributed by atoms with E-state index in [0.717, 1.165) is 37.6 Å². The molecule has 0 radical (unpaired) electrons. The quantitative estimate of drug-likeness (QED) is 0.804. The number of hydrogen-bond acceptors (Lipinski definition) is 3. The fraction of sp³-hybridized carbons (Fsp3) is 0.667. The first-order chi connectivity index (χ1) is 11.1. The molecule has 0 N–H and O–H groups in total. The van der Waals surface area contributed by atoms with Crippen LogP contribution in [0.1, 0.15) is 25.7 Å². The predicted octanol–water partition coefficient (Wildman–Crippen LogP) is 4.18. The fourth-order valence-electron chi connectivity index (χ4n) is 3.56. The summed E-state index contributed by atoms with van der Waals surface area (Å²) in [6.45, 7) is 6.03. The van der Waals surface area contributed by atoms with Gasteiger partial charge in [0.1, 0.15) is 11.9 Å². The number of hydrogen-bond donors (Lipinski definition) is 0. The Bertz CT molecular complexity index is 510. The Hall–Kier alpha value is -0.480. The normalized spacial score (nSPS) is 22.4. The lowest BCUT2D eigenvalue weighted by molar-refractivity contribution is 0.0809. The average Bonchev–Trinajstić information content (AvgIpc) is 2.55. The van der Waals surface area contributed by atoms with Gasteiger partial charge < -0.3 is 14.5 Å². The van der Waals surface area contributed by atoms with Gasteiger partial charge in [0.2, 0.25) is 0 Å². The smallest absolute Gasteiger partial charge is 0.121 e. The van der Waals surface area contributed by atoms with E-state index in [2.05, 4.69) is 16.8 Å². The minimum atomic E-state index is 0.293. The standard InChI is InChI=1S/C18H26Cl2N2O/c1-21-8-4-14(5-9-21)13-22-10-6-15(7-11-22)23-16-2-3-17(19)18(20)12-16/h2-3,12,14-15H,4-11,13H2,1H3. The summed E-state index contributed by atoms with van der Waals surface area (Å²) in [5, 5.41) is 1.14. The molecule has 2 heterocycles. The maximum Gasteiger partial charge on any atom is 0.121 e. The number of likely N-dealkylation sites (tertiary alicyclic amines) is 2. The summed E-state index contributed by atoms with van der Waals surface area (Å²) in [6, 6.07) is 5.52. The van der Waals surface area contributed by atoms with Crippen molar-refractivity contribution in [3.05, 3.63) is 28.2 Å². The molecular weight excluding hydrogens is 331 g/mol. The van der Waals surface area contributed by atoms with Crippen molar-refractivity contribution in [1.29, 1.82) is 0 Å². The molecular formula is C18H26Cl2N2O. The van der Waals surface area contributed by atoms with Crippen LogP contribution in [-0.4, -0.2) is 55.7 Å². The highest BCUT2D eigenvalue weighted by Gasteiger charge is 2.24. The molecule has 2 aliphatic heterocycles. The Morgan fingerprint density at radius 3 is 2.35 bits per heavy atom. The van der Waals surface area contributed by atoms with Crippen molar-refractivity contribution in [2.75, 3.05) is 39.8 Å². The second-order valence-electron chi connectivity index (χ2n) is 6.94. The molecule has 2 fully saturated rings. The van der Waals surface area contributed by atoms with E-state index < -0.39 is 0 Å². The van der Waals surface area contributed by atoms with Crippen LogP contribution >= 0.6 is 23.2 Å². The number of benzene rings is 1. The lowest BCUT2D eigenvalue weighted by atomic mass is 9.95. The highest BCUT2D eigenvalue weighted by molar-refractivity contribution is 6.42. The van der Waals surface area contributed by atoms with Crippen molar-refractivity contribution in [2.45, 2.75) is 31.8 Å². The molecule has 0 aromatic heterocycles. The van der Waals surface area contributed by atoms with Crippen LogP contribution in [0, 0.1) is 5.92 Å². The van der Waals surface area contributed by atoms with E-state index in [1.807, 2.05) is 12.1 Å². The summed E-state index contributed by atoms with van der Waals surface area (Å²) in [4.78, 5) is 5.05. The molecule has 0 aliphatic carbocycles. The molecule has 2 saturated heterocycles. The zero-order valence-corrected chi connectivity index (χ0v) is 15.3. The van der Waals surface area contributed by atoms with Gasteiger partial charge in [-0.05, 0) is 63.9 Å². The van der Waals surface area contributed by atoms with Gasteiger partial charge in [0.25, 0.3) is 0 Å². The summed E-state index contributed by atoms with van der Waals surface area (Å²) in [6.07, 6.45) is 5.16. The second-order valence-corrected chi connectivity index (χ2v) is 7.75. The molecule has 3 nitrogen and oxygen atoms in total. The van der Waals surface area contributed by atoms with Crippen molar-refractivity contribution >= 4 is 23.2 Å². The van der Waals surface area contributed by atoms with E-state index >= 15 is 0 Å². The molecule has 0 atom stereocenters. The monoisotopic (exact) mass is 356 g/mol. The third-order valence-electron chi connectivity index (χ3n) is 5.08. The summed E-state index contributed by atoms with van der Waals surface area (Å²) < 4.78 is 6.07. The van der Waals surface area contributed by atoms with Crippen molar-refractivity contribution in [1.82, 2.24) is 9.80 Å². The summed E-state index contributed by atoms with van der Waals surface area (Å²) in [5.74, 6) is 1.70. The molecule has 0 spiro atoms. The molecule has 0 amide bonds. The first kappa shape index (κ1) is 17.3. The van der Waals surface area contributed by atoms with Crippen LogP contribution in [0.2, 0.25) is 10.0 Å². The van der Waals surface area contributed by atoms with Gasteiger partial charge in [-0.15, -0.1) is 0 Å². The van der Waals surface area contributed by atoms with Gasteiger partial charge in [-0.3, -0.25) is 0 Å². The van der Waals surface area contributed by atoms with Crippen LogP contribution in [0.15, 0.2) is 18.2 Å². The number of rotatable bonds is 4. The minimum absolute atomic E-state index is 0.293. The van der Waals surface area contributed by atoms with E-state index in [1.54, 1.807) is 6.07 Å². The molecule has 3 rings (SSSR count). The van der Waals surface area contributed by atoms with Crippen molar-refractivity contribution in [3.8, 4) is 5.75 Å². The van der Waals surface area contributed by atoms with Crippen LogP contribution in [-0.2, 0) is 0 Å². The van der Waals surface area contributed by atoms with E-state index in [1.165, 1.54) is 32.5 Å². The molecule has 1 aromatic carbocycles. The third-order valence-corrected chi connectivity index (χ3v) is 5.82. The maximum atomic E-state index is 6.07. The molecule has 23 heavy (non-hydrogen) atoms. The summed E-state index contributed by atoms with van der Waals surface area (Å²) >= 11 is 12.0. The van der Waals surface area contributed by atoms with Gasteiger partial charge in [0, 0.05) is 25.7 Å². The Labute approximate surface area is 149 Å². The van der Waals surface area contributed by atoms with E-state index in [4.69, 9.17) is 27.9 Å². The van der Waals surface area contributed by atoms with Crippen LogP contribution in [0.5, 0.6) is 5.75 Å². The first-order valence-corrected chi connectivity index (χ1v) is 9.38. The lowest BCUT2D eigenvalue weighted by Gasteiger charge is -2.36. The molecule has 128 valence electrons. The molecule has 0 bridgehead atoms. The van der Waals surface area contributed by atoms with Gasteiger partial charge in [-0.2, -0.15) is 0 Å². The highest BCUT2D eigenvalue weighted by atomic mass is 35.5. The first-order valence-electron chi connectivity index (χ1n) is 8.63. The number of halogens is 2. The van der Waals surface area contributed by atoms with Crippen LogP contribution < -0.4 is 4.74 Å². The highest BCUT2D eigenvalue weighted by Crippen LogP contribution is 2.28. The summed E-state index contributed by atoms with van der Waals surface area (Å²) in [7, 11) is 2.22. The van der Waals surface area contributed by atoms with Gasteiger partial charge in [0.05, 0.1) is 10.0 Å². The number of ether oxygens (including phenoxy) is 1. The molecule has 2 aliphatic rings. The molecule has 0 saturated carbocycles. The van der Waals surface area contributed by atoms with E-state index in [-0.39, 0.29) is 0 Å². The van der Waals surface area contributed by atoms with Crippen molar-refractivity contribution < 1.29 is 4.74 Å². The third kappa shape index (κ3) is 4.99. The predicted molar refractivity (Wildman–Crippen MR) is 96.8 cm³/mol. The topological polar surface area (TPSA) is 15.7 Å². The van der Waals surface area contributed by atoms with E-state index in [0.29, 0.717) is 16.1 Å². The van der Waals surface area contributed by atoms with Crippen LogP contribution in [0.3, 0.4) is 0 Å². The molecule has 0 unspecified atom stereocenters. The Morgan fingerprint density at radius 2 is 1.70 bits per heavy atom. The zero-order chi connectivity index (χ0) is 16.2. The minimum Gasteiger partial charge on any atom is -0.490 e. The van der Waals surface area contributed by atoms with Crippen LogP contribution in [0.4, 0.5) is 0 Å². The van der Waals surface area contributed by atoms with Crippen molar-refractivity contribution in [3.63, 3.8) is 0 Å². The molecule has 1 aromatic rings. The van der Waals surface area contributed by atoms with Gasteiger partial charge in [-0.25, -0.2) is 0 Å². The Balaban J connectivity index is 1.42. The SMILES string of the molecule is CN1CCC(CN2CCC(Oc3ccc(Cl)c(Cl)c3)CC2)CC1. The Morgan fingerprint density at radius 1 is 1.00 bits per heavy atom. The second kappa shape index (κ2) is 8.06. The maximum absolute atomic E-state index is 6.07. The molecule has 5 heteroatoms. The van der Waals surface area contributed by atoms with Gasteiger partial charge in [-0.1, -0.05) is 23.2 Å². The number of nitrogens with zero attached hydrogens (tertiary/aromatic N) is 2. The van der Waals surface area contributed by atoms with E-state index in [9.17, 15) is 0 Å². The van der Waals surface area contributed by atoms with Gasteiger partial charge >= 0.3 is 0 Å². The largest absolute Gasteiger partial charge is 0.490 e. The van der Waals surface area contributed by atoms with Crippen LogP contribution in [0.25, 0.3) is 0 Å². The number of piperidine rings is 2.